The van der Waals surface area contributed by atoms with Gasteiger partial charge in [0.05, 0.1) is 0 Å². The van der Waals surface area contributed by atoms with Crippen molar-refractivity contribution in [2.75, 3.05) is 14.1 Å². The molecule has 0 radical (unpaired) electrons. The van der Waals surface area contributed by atoms with Gasteiger partial charge in [-0.2, -0.15) is 0 Å². The zero-order chi connectivity index (χ0) is 13.5. The van der Waals surface area contributed by atoms with E-state index in [4.69, 9.17) is 0 Å². The van der Waals surface area contributed by atoms with Crippen LogP contribution in [-0.4, -0.2) is 24.0 Å². The monoisotopic (exact) mass is 255 g/mol. The largest absolute Gasteiger partial charge is 0.309 e. The van der Waals surface area contributed by atoms with E-state index in [2.05, 4.69) is 59.6 Å². The van der Waals surface area contributed by atoms with E-state index in [-0.39, 0.29) is 0 Å². The molecule has 1 heterocycles. The first kappa shape index (κ1) is 13.7. The molecule has 1 aromatic heterocycles. The highest BCUT2D eigenvalue weighted by Crippen LogP contribution is 2.10. The Hall–Kier alpha value is -1.71. The lowest BCUT2D eigenvalue weighted by atomic mass is 10.1. The number of nitrogens with one attached hydrogen (secondary N) is 1. The third kappa shape index (κ3) is 4.47. The van der Waals surface area contributed by atoms with Crippen LogP contribution in [0.5, 0.6) is 0 Å². The average Bonchev–Trinajstić information content (AvgIpc) is 2.41. The standard InChI is InChI=1S/C16H21N3/c1-19(2)13-16-8-4-3-7-15(16)12-18-11-14-6-5-9-17-10-14/h3-10,18H,11-13H2,1-2H3. The van der Waals surface area contributed by atoms with E-state index in [0.29, 0.717) is 0 Å². The molecule has 0 atom stereocenters. The highest BCUT2D eigenvalue weighted by atomic mass is 15.0. The second kappa shape index (κ2) is 7.02. The molecule has 0 aliphatic carbocycles. The van der Waals surface area contributed by atoms with Crippen LogP contribution in [0.25, 0.3) is 0 Å². The molecule has 0 amide bonds. The highest BCUT2D eigenvalue weighted by Gasteiger charge is 2.02. The molecule has 0 fully saturated rings. The number of pyridine rings is 1. The van der Waals surface area contributed by atoms with Gasteiger partial charge in [0.2, 0.25) is 0 Å². The number of rotatable bonds is 6. The minimum atomic E-state index is 0.851. The summed E-state index contributed by atoms with van der Waals surface area (Å²) in [6.07, 6.45) is 3.70. The molecule has 0 bridgehead atoms. The van der Waals surface area contributed by atoms with Crippen LogP contribution in [0, 0.1) is 0 Å². The van der Waals surface area contributed by atoms with Crippen molar-refractivity contribution >= 4 is 0 Å². The van der Waals surface area contributed by atoms with Gasteiger partial charge in [0.1, 0.15) is 0 Å². The van der Waals surface area contributed by atoms with Gasteiger partial charge >= 0.3 is 0 Å². The van der Waals surface area contributed by atoms with E-state index >= 15 is 0 Å². The van der Waals surface area contributed by atoms with Crippen LogP contribution in [0.1, 0.15) is 16.7 Å². The first-order valence-electron chi connectivity index (χ1n) is 6.57. The van der Waals surface area contributed by atoms with Crippen LogP contribution < -0.4 is 5.32 Å². The number of benzene rings is 1. The van der Waals surface area contributed by atoms with Gasteiger partial charge in [-0.05, 0) is 36.9 Å². The van der Waals surface area contributed by atoms with Crippen molar-refractivity contribution in [1.29, 1.82) is 0 Å². The van der Waals surface area contributed by atoms with Gasteiger partial charge in [0.15, 0.2) is 0 Å². The van der Waals surface area contributed by atoms with Crippen molar-refractivity contribution in [1.82, 2.24) is 15.2 Å². The summed E-state index contributed by atoms with van der Waals surface area (Å²) >= 11 is 0. The van der Waals surface area contributed by atoms with Gasteiger partial charge in [0, 0.05) is 32.0 Å². The van der Waals surface area contributed by atoms with Crippen molar-refractivity contribution < 1.29 is 0 Å². The summed E-state index contributed by atoms with van der Waals surface area (Å²) in [5.41, 5.74) is 3.96. The second-order valence-electron chi connectivity index (χ2n) is 4.97. The van der Waals surface area contributed by atoms with E-state index in [1.165, 1.54) is 16.7 Å². The van der Waals surface area contributed by atoms with Gasteiger partial charge in [-0.1, -0.05) is 30.3 Å². The maximum absolute atomic E-state index is 4.12. The predicted molar refractivity (Wildman–Crippen MR) is 78.6 cm³/mol. The molecule has 100 valence electrons. The normalized spacial score (nSPS) is 10.9. The molecule has 0 unspecified atom stereocenters. The maximum Gasteiger partial charge on any atom is 0.0312 e. The van der Waals surface area contributed by atoms with Gasteiger partial charge < -0.3 is 10.2 Å². The molecular weight excluding hydrogens is 234 g/mol. The van der Waals surface area contributed by atoms with Crippen molar-refractivity contribution in [2.45, 2.75) is 19.6 Å². The molecule has 0 saturated carbocycles. The fourth-order valence-electron chi connectivity index (χ4n) is 2.07. The van der Waals surface area contributed by atoms with E-state index in [0.717, 1.165) is 19.6 Å². The third-order valence-electron chi connectivity index (χ3n) is 2.97. The fraction of sp³-hybridized carbons (Fsp3) is 0.312. The van der Waals surface area contributed by atoms with Gasteiger partial charge in [-0.25, -0.2) is 0 Å². The van der Waals surface area contributed by atoms with Crippen LogP contribution in [0.2, 0.25) is 0 Å². The van der Waals surface area contributed by atoms with Gasteiger partial charge in [-0.3, -0.25) is 4.98 Å². The minimum absolute atomic E-state index is 0.851. The number of hydrogen-bond donors (Lipinski definition) is 1. The zero-order valence-electron chi connectivity index (χ0n) is 11.6. The van der Waals surface area contributed by atoms with E-state index < -0.39 is 0 Å². The summed E-state index contributed by atoms with van der Waals surface area (Å²) in [5, 5.41) is 3.47. The van der Waals surface area contributed by atoms with E-state index in [1.807, 2.05) is 12.3 Å². The van der Waals surface area contributed by atoms with Crippen LogP contribution in [0.3, 0.4) is 0 Å². The minimum Gasteiger partial charge on any atom is -0.309 e. The molecule has 0 saturated heterocycles. The van der Waals surface area contributed by atoms with Crippen molar-refractivity contribution in [3.8, 4) is 0 Å². The summed E-state index contributed by atoms with van der Waals surface area (Å²) in [7, 11) is 4.19. The Morgan fingerprint density at radius 1 is 1.00 bits per heavy atom. The Morgan fingerprint density at radius 2 is 1.79 bits per heavy atom. The maximum atomic E-state index is 4.12. The molecule has 0 spiro atoms. The molecule has 0 aliphatic rings. The van der Waals surface area contributed by atoms with Gasteiger partial charge in [-0.15, -0.1) is 0 Å². The molecule has 2 rings (SSSR count). The number of aromatic nitrogens is 1. The topological polar surface area (TPSA) is 28.2 Å². The molecule has 19 heavy (non-hydrogen) atoms. The highest BCUT2D eigenvalue weighted by molar-refractivity contribution is 5.27. The summed E-state index contributed by atoms with van der Waals surface area (Å²) in [6.45, 7) is 2.72. The number of hydrogen-bond acceptors (Lipinski definition) is 3. The Kier molecular flexibility index (Phi) is 5.07. The Labute approximate surface area is 115 Å². The molecular formula is C16H21N3. The third-order valence-corrected chi connectivity index (χ3v) is 2.97. The lowest BCUT2D eigenvalue weighted by Gasteiger charge is -2.14. The smallest absolute Gasteiger partial charge is 0.0312 e. The SMILES string of the molecule is CN(C)Cc1ccccc1CNCc1cccnc1. The first-order valence-corrected chi connectivity index (χ1v) is 6.57. The first-order chi connectivity index (χ1) is 9.25. The Bertz CT molecular complexity index is 494. The lowest BCUT2D eigenvalue weighted by Crippen LogP contribution is -2.17. The molecule has 3 heteroatoms. The summed E-state index contributed by atoms with van der Waals surface area (Å²) < 4.78 is 0. The van der Waals surface area contributed by atoms with E-state index in [9.17, 15) is 0 Å². The quantitative estimate of drug-likeness (QED) is 0.859. The molecule has 1 N–H and O–H groups in total. The van der Waals surface area contributed by atoms with Crippen LogP contribution in [-0.2, 0) is 19.6 Å². The van der Waals surface area contributed by atoms with Crippen LogP contribution in [0.15, 0.2) is 48.8 Å². The van der Waals surface area contributed by atoms with Crippen LogP contribution >= 0.6 is 0 Å². The summed E-state index contributed by atoms with van der Waals surface area (Å²) in [4.78, 5) is 6.31. The Morgan fingerprint density at radius 3 is 2.47 bits per heavy atom. The van der Waals surface area contributed by atoms with E-state index in [1.54, 1.807) is 6.20 Å². The molecule has 0 aliphatic heterocycles. The molecule has 1 aromatic carbocycles. The second-order valence-corrected chi connectivity index (χ2v) is 4.97. The van der Waals surface area contributed by atoms with Gasteiger partial charge in [0.25, 0.3) is 0 Å². The fourth-order valence-corrected chi connectivity index (χ4v) is 2.07. The number of nitrogens with zero attached hydrogens (tertiary/aromatic N) is 2. The average molecular weight is 255 g/mol. The summed E-state index contributed by atoms with van der Waals surface area (Å²) in [6, 6.07) is 12.6. The molecule has 2 aromatic rings. The van der Waals surface area contributed by atoms with Crippen molar-refractivity contribution in [3.63, 3.8) is 0 Å². The molecule has 3 nitrogen and oxygen atoms in total. The van der Waals surface area contributed by atoms with Crippen LogP contribution in [0.4, 0.5) is 0 Å². The lowest BCUT2D eigenvalue weighted by molar-refractivity contribution is 0.400. The van der Waals surface area contributed by atoms with Crippen molar-refractivity contribution in [3.05, 3.63) is 65.5 Å². The predicted octanol–water partition coefficient (Wildman–Crippen LogP) is 2.43. The van der Waals surface area contributed by atoms with Crippen molar-refractivity contribution in [2.24, 2.45) is 0 Å². The summed E-state index contributed by atoms with van der Waals surface area (Å²) in [5.74, 6) is 0. The Balaban J connectivity index is 1.92. The zero-order valence-corrected chi connectivity index (χ0v) is 11.6.